The molecule has 1 N–H and O–H groups in total. The number of fused-ring (bicyclic) bond motifs is 1. The average molecular weight is 474 g/mol. The zero-order valence-corrected chi connectivity index (χ0v) is 20.6. The first-order valence-electron chi connectivity index (χ1n) is 12.3. The van der Waals surface area contributed by atoms with E-state index in [4.69, 9.17) is 18.9 Å². The summed E-state index contributed by atoms with van der Waals surface area (Å²) < 4.78 is 19.4. The molecular formula is C28H31N3O4. The van der Waals surface area contributed by atoms with Crippen LogP contribution in [0.4, 0.5) is 10.5 Å². The van der Waals surface area contributed by atoms with Crippen LogP contribution in [-0.2, 0) is 4.74 Å². The third-order valence-corrected chi connectivity index (χ3v) is 6.31. The van der Waals surface area contributed by atoms with Gasteiger partial charge in [0, 0.05) is 23.2 Å². The Balaban J connectivity index is 1.66. The normalized spacial score (nSPS) is 13.7. The summed E-state index contributed by atoms with van der Waals surface area (Å²) in [5, 5.41) is 3.88. The van der Waals surface area contributed by atoms with Crippen molar-refractivity contribution in [1.82, 2.24) is 9.55 Å². The first kappa shape index (κ1) is 23.0. The number of aryl methyl sites for hydroxylation is 1. The van der Waals surface area contributed by atoms with E-state index in [9.17, 15) is 4.79 Å². The van der Waals surface area contributed by atoms with Crippen molar-refractivity contribution in [3.63, 3.8) is 0 Å². The molecule has 1 fully saturated rings. The number of nitrogens with zero attached hydrogens (tertiary/aromatic N) is 2. The lowest BCUT2D eigenvalue weighted by molar-refractivity contribution is 0.130. The maximum absolute atomic E-state index is 12.0. The predicted molar refractivity (Wildman–Crippen MR) is 137 cm³/mol. The number of rotatable bonds is 7. The van der Waals surface area contributed by atoms with Crippen molar-refractivity contribution in [2.24, 2.45) is 0 Å². The largest absolute Gasteiger partial charge is 0.494 e. The molecule has 2 heterocycles. The van der Waals surface area contributed by atoms with Gasteiger partial charge in [-0.25, -0.2) is 9.78 Å². The van der Waals surface area contributed by atoms with Crippen LogP contribution in [0.2, 0.25) is 0 Å². The second-order valence-corrected chi connectivity index (χ2v) is 9.24. The minimum atomic E-state index is -0.462. The smallest absolute Gasteiger partial charge is 0.411 e. The summed E-state index contributed by atoms with van der Waals surface area (Å²) in [5.74, 6) is 1.45. The van der Waals surface area contributed by atoms with E-state index in [0.717, 1.165) is 52.0 Å². The van der Waals surface area contributed by atoms with Gasteiger partial charge in [0.2, 0.25) is 5.89 Å². The van der Waals surface area contributed by atoms with Gasteiger partial charge in [-0.1, -0.05) is 12.1 Å². The number of amides is 1. The summed E-state index contributed by atoms with van der Waals surface area (Å²) in [5.41, 5.74) is 5.70. The van der Waals surface area contributed by atoms with Crippen LogP contribution in [0.25, 0.3) is 33.6 Å². The van der Waals surface area contributed by atoms with Crippen molar-refractivity contribution in [3.8, 4) is 28.5 Å². The minimum Gasteiger partial charge on any atom is -0.494 e. The summed E-state index contributed by atoms with van der Waals surface area (Å²) in [6.07, 6.45) is 4.51. The fourth-order valence-corrected chi connectivity index (χ4v) is 4.61. The quantitative estimate of drug-likeness (QED) is 0.303. The molecule has 0 atom stereocenters. The number of benzene rings is 2. The molecule has 0 spiro atoms. The first-order valence-corrected chi connectivity index (χ1v) is 12.3. The van der Waals surface area contributed by atoms with E-state index in [2.05, 4.69) is 22.0 Å². The van der Waals surface area contributed by atoms with Gasteiger partial charge in [-0.3, -0.25) is 5.32 Å². The van der Waals surface area contributed by atoms with E-state index in [-0.39, 0.29) is 6.10 Å². The topological polar surface area (TPSA) is 78.5 Å². The molecule has 0 radical (unpaired) electrons. The molecule has 0 saturated heterocycles. The highest BCUT2D eigenvalue weighted by atomic mass is 16.6. The van der Waals surface area contributed by atoms with Gasteiger partial charge in [-0.05, 0) is 76.8 Å². The van der Waals surface area contributed by atoms with Crippen LogP contribution in [0.15, 0.2) is 53.1 Å². The number of nitrogens with one attached hydrogen (secondary N) is 1. The minimum absolute atomic E-state index is 0.180. The molecule has 35 heavy (non-hydrogen) atoms. The van der Waals surface area contributed by atoms with E-state index in [1.54, 1.807) is 6.26 Å². The molecule has 7 nitrogen and oxygen atoms in total. The zero-order valence-electron chi connectivity index (χ0n) is 20.6. The molecule has 1 aliphatic rings. The lowest BCUT2D eigenvalue weighted by atomic mass is 9.92. The third-order valence-electron chi connectivity index (χ3n) is 6.31. The lowest BCUT2D eigenvalue weighted by Gasteiger charge is -2.30. The molecule has 2 aromatic carbocycles. The summed E-state index contributed by atoms with van der Waals surface area (Å²) in [6.45, 7) is 8.19. The van der Waals surface area contributed by atoms with Crippen LogP contribution in [0.3, 0.4) is 0 Å². The standard InChI is InChI=1S/C28H31N3O4/c1-5-33-22-13-14-23-24(15-22)31(21-7-6-8-21)26(25(23)27-29-18(4)16-34-27)19-9-11-20(12-10-19)30-28(32)35-17(2)3/h9-17,21H,5-8H2,1-4H3,(H,30,32). The highest BCUT2D eigenvalue weighted by Crippen LogP contribution is 2.47. The second kappa shape index (κ2) is 9.49. The lowest BCUT2D eigenvalue weighted by Crippen LogP contribution is -2.18. The van der Waals surface area contributed by atoms with Crippen molar-refractivity contribution in [1.29, 1.82) is 0 Å². The number of carbonyl (C=O) groups is 1. The summed E-state index contributed by atoms with van der Waals surface area (Å²) in [6, 6.07) is 14.5. The van der Waals surface area contributed by atoms with Crippen LogP contribution >= 0.6 is 0 Å². The van der Waals surface area contributed by atoms with Gasteiger partial charge in [0.15, 0.2) is 0 Å². The number of ether oxygens (including phenoxy) is 2. The molecular weight excluding hydrogens is 442 g/mol. The number of oxazole rings is 1. The summed E-state index contributed by atoms with van der Waals surface area (Å²) in [4.78, 5) is 16.7. The Labute approximate surface area is 205 Å². The summed E-state index contributed by atoms with van der Waals surface area (Å²) in [7, 11) is 0. The van der Waals surface area contributed by atoms with Crippen LogP contribution in [0.5, 0.6) is 5.75 Å². The van der Waals surface area contributed by atoms with Gasteiger partial charge >= 0.3 is 6.09 Å². The maximum atomic E-state index is 12.0. The van der Waals surface area contributed by atoms with Crippen LogP contribution < -0.4 is 10.1 Å². The first-order chi connectivity index (χ1) is 16.9. The van der Waals surface area contributed by atoms with E-state index < -0.39 is 6.09 Å². The van der Waals surface area contributed by atoms with E-state index in [1.807, 2.05) is 58.0 Å². The second-order valence-electron chi connectivity index (χ2n) is 9.24. The van der Waals surface area contributed by atoms with Crippen LogP contribution in [0, 0.1) is 6.92 Å². The summed E-state index contributed by atoms with van der Waals surface area (Å²) >= 11 is 0. The van der Waals surface area contributed by atoms with Crippen molar-refractivity contribution < 1.29 is 18.7 Å². The monoisotopic (exact) mass is 473 g/mol. The van der Waals surface area contributed by atoms with Gasteiger partial charge in [-0.15, -0.1) is 0 Å². The number of carbonyl (C=O) groups excluding carboxylic acids is 1. The number of hydrogen-bond donors (Lipinski definition) is 1. The van der Waals surface area contributed by atoms with Crippen molar-refractivity contribution in [3.05, 3.63) is 54.4 Å². The SMILES string of the molecule is CCOc1ccc2c(-c3nc(C)co3)c(-c3ccc(NC(=O)OC(C)C)cc3)n(C3CCC3)c2c1. The highest BCUT2D eigenvalue weighted by Gasteiger charge is 2.30. The Bertz CT molecular complexity index is 1350. The van der Waals surface area contributed by atoms with E-state index in [0.29, 0.717) is 24.2 Å². The van der Waals surface area contributed by atoms with E-state index in [1.165, 1.54) is 6.42 Å². The Morgan fingerprint density at radius 1 is 1.20 bits per heavy atom. The molecule has 7 heteroatoms. The fourth-order valence-electron chi connectivity index (χ4n) is 4.61. The highest BCUT2D eigenvalue weighted by molar-refractivity contribution is 6.03. The molecule has 1 amide bonds. The van der Waals surface area contributed by atoms with Crippen LogP contribution in [0.1, 0.15) is 51.8 Å². The maximum Gasteiger partial charge on any atom is 0.411 e. The molecule has 1 saturated carbocycles. The van der Waals surface area contributed by atoms with Gasteiger partial charge < -0.3 is 18.5 Å². The van der Waals surface area contributed by atoms with Crippen LogP contribution in [-0.4, -0.2) is 28.4 Å². The number of hydrogen-bond acceptors (Lipinski definition) is 5. The molecule has 4 aromatic rings. The molecule has 5 rings (SSSR count). The van der Waals surface area contributed by atoms with Crippen molar-refractivity contribution in [2.75, 3.05) is 11.9 Å². The third kappa shape index (κ3) is 4.50. The molecule has 0 unspecified atom stereocenters. The predicted octanol–water partition coefficient (Wildman–Crippen LogP) is 7.35. The van der Waals surface area contributed by atoms with Gasteiger partial charge in [0.25, 0.3) is 0 Å². The van der Waals surface area contributed by atoms with Gasteiger partial charge in [0.1, 0.15) is 12.0 Å². The molecule has 182 valence electrons. The Morgan fingerprint density at radius 2 is 1.97 bits per heavy atom. The Hall–Kier alpha value is -3.74. The molecule has 0 aliphatic heterocycles. The van der Waals surface area contributed by atoms with Crippen molar-refractivity contribution >= 4 is 22.7 Å². The molecule has 0 bridgehead atoms. The molecule has 2 aromatic heterocycles. The number of aromatic nitrogens is 2. The molecule has 1 aliphatic carbocycles. The Kier molecular flexibility index (Phi) is 6.24. The Morgan fingerprint density at radius 3 is 2.57 bits per heavy atom. The van der Waals surface area contributed by atoms with Gasteiger partial charge in [-0.2, -0.15) is 0 Å². The van der Waals surface area contributed by atoms with E-state index >= 15 is 0 Å². The average Bonchev–Trinajstić information content (AvgIpc) is 3.34. The zero-order chi connectivity index (χ0) is 24.5. The van der Waals surface area contributed by atoms with Gasteiger partial charge in [0.05, 0.1) is 35.2 Å². The fraction of sp³-hybridized carbons (Fsp3) is 0.357. The van der Waals surface area contributed by atoms with Crippen molar-refractivity contribution in [2.45, 2.75) is 59.1 Å². The number of anilines is 1.